The van der Waals surface area contributed by atoms with Gasteiger partial charge in [0.1, 0.15) is 0 Å². The Bertz CT molecular complexity index is 817. The molecule has 2 nitrogen and oxygen atoms in total. The lowest BCUT2D eigenvalue weighted by molar-refractivity contribution is 1.14. The molecular weight excluding hydrogens is 300 g/mol. The minimum atomic E-state index is 0.650. The lowest BCUT2D eigenvalue weighted by Gasteiger charge is -1.99. The summed E-state index contributed by atoms with van der Waals surface area (Å²) in [5, 5.41) is 12.8. The van der Waals surface area contributed by atoms with E-state index in [9.17, 15) is 0 Å². The van der Waals surface area contributed by atoms with Crippen LogP contribution >= 0.6 is 22.9 Å². The van der Waals surface area contributed by atoms with Crippen LogP contribution in [0.25, 0.3) is 11.3 Å². The van der Waals surface area contributed by atoms with Crippen molar-refractivity contribution >= 4 is 22.9 Å². The van der Waals surface area contributed by atoms with E-state index in [-0.39, 0.29) is 0 Å². The first-order chi connectivity index (χ1) is 10.2. The summed E-state index contributed by atoms with van der Waals surface area (Å²) in [4.78, 5) is 4.65. The van der Waals surface area contributed by atoms with Gasteiger partial charge in [-0.3, -0.25) is 0 Å². The van der Waals surface area contributed by atoms with E-state index < -0.39 is 0 Å². The van der Waals surface area contributed by atoms with E-state index in [4.69, 9.17) is 16.9 Å². The van der Waals surface area contributed by atoms with Crippen LogP contribution in [0.3, 0.4) is 0 Å². The second kappa shape index (κ2) is 6.09. The Labute approximate surface area is 132 Å². The highest BCUT2D eigenvalue weighted by molar-refractivity contribution is 7.10. The van der Waals surface area contributed by atoms with Gasteiger partial charge in [-0.15, -0.1) is 11.3 Å². The standard InChI is InChI=1S/C17H11ClN2S/c18-15-6-2-3-12(8-15)9-17-20-16(11-21-17)14-5-1-4-13(7-14)10-19/h1-8,11H,9H2. The van der Waals surface area contributed by atoms with Gasteiger partial charge in [0, 0.05) is 22.4 Å². The number of rotatable bonds is 3. The Balaban J connectivity index is 1.85. The van der Waals surface area contributed by atoms with Gasteiger partial charge in [0.05, 0.1) is 22.3 Å². The molecule has 0 saturated carbocycles. The summed E-state index contributed by atoms with van der Waals surface area (Å²) in [6.45, 7) is 0. The molecule has 0 amide bonds. The molecule has 4 heteroatoms. The molecule has 0 bridgehead atoms. The molecule has 0 aliphatic rings. The van der Waals surface area contributed by atoms with Crippen LogP contribution in [-0.2, 0) is 6.42 Å². The van der Waals surface area contributed by atoms with E-state index in [2.05, 4.69) is 11.1 Å². The Morgan fingerprint density at radius 3 is 2.81 bits per heavy atom. The van der Waals surface area contributed by atoms with Gasteiger partial charge in [-0.1, -0.05) is 35.9 Å². The molecule has 0 fully saturated rings. The first-order valence-electron chi connectivity index (χ1n) is 6.44. The molecule has 3 aromatic rings. The monoisotopic (exact) mass is 310 g/mol. The molecule has 0 atom stereocenters. The first kappa shape index (κ1) is 13.8. The minimum Gasteiger partial charge on any atom is -0.241 e. The molecule has 2 aromatic carbocycles. The van der Waals surface area contributed by atoms with Crippen molar-refractivity contribution in [3.8, 4) is 17.3 Å². The Morgan fingerprint density at radius 1 is 1.14 bits per heavy atom. The summed E-state index contributed by atoms with van der Waals surface area (Å²) in [7, 11) is 0. The van der Waals surface area contributed by atoms with Gasteiger partial charge in [0.25, 0.3) is 0 Å². The normalized spacial score (nSPS) is 10.3. The fourth-order valence-electron chi connectivity index (χ4n) is 2.09. The third-order valence-electron chi connectivity index (χ3n) is 3.08. The molecule has 1 heterocycles. The number of aromatic nitrogens is 1. The van der Waals surface area contributed by atoms with Gasteiger partial charge in [-0.05, 0) is 29.8 Å². The Kier molecular flexibility index (Phi) is 4.01. The van der Waals surface area contributed by atoms with Crippen LogP contribution < -0.4 is 0 Å². The summed E-state index contributed by atoms with van der Waals surface area (Å²) < 4.78 is 0. The number of nitriles is 1. The molecule has 0 aliphatic carbocycles. The quantitative estimate of drug-likeness (QED) is 0.688. The van der Waals surface area contributed by atoms with Crippen molar-refractivity contribution in [1.29, 1.82) is 5.26 Å². The number of nitrogens with zero attached hydrogens (tertiary/aromatic N) is 2. The molecule has 21 heavy (non-hydrogen) atoms. The predicted molar refractivity (Wildman–Crippen MR) is 86.5 cm³/mol. The van der Waals surface area contributed by atoms with E-state index in [1.54, 1.807) is 17.4 Å². The molecular formula is C17H11ClN2S. The van der Waals surface area contributed by atoms with Crippen molar-refractivity contribution in [1.82, 2.24) is 4.98 Å². The zero-order valence-corrected chi connectivity index (χ0v) is 12.7. The van der Waals surface area contributed by atoms with E-state index in [0.717, 1.165) is 33.3 Å². The van der Waals surface area contributed by atoms with Gasteiger partial charge >= 0.3 is 0 Å². The molecule has 3 rings (SSSR count). The van der Waals surface area contributed by atoms with Gasteiger partial charge in [0.15, 0.2) is 0 Å². The second-order valence-corrected chi connectivity index (χ2v) is 6.00. The summed E-state index contributed by atoms with van der Waals surface area (Å²) in [6.07, 6.45) is 0.767. The molecule has 0 aliphatic heterocycles. The smallest absolute Gasteiger partial charge is 0.0991 e. The highest BCUT2D eigenvalue weighted by Gasteiger charge is 2.06. The average Bonchev–Trinajstić information content (AvgIpc) is 2.96. The van der Waals surface area contributed by atoms with E-state index in [1.807, 2.05) is 47.8 Å². The van der Waals surface area contributed by atoms with Crippen molar-refractivity contribution in [2.45, 2.75) is 6.42 Å². The molecule has 1 aromatic heterocycles. The molecule has 0 N–H and O–H groups in total. The largest absolute Gasteiger partial charge is 0.241 e. The molecule has 0 saturated heterocycles. The van der Waals surface area contributed by atoms with Crippen LogP contribution in [0.15, 0.2) is 53.9 Å². The van der Waals surface area contributed by atoms with Crippen LogP contribution in [-0.4, -0.2) is 4.98 Å². The SMILES string of the molecule is N#Cc1cccc(-c2csc(Cc3cccc(Cl)c3)n2)c1. The van der Waals surface area contributed by atoms with Gasteiger partial charge in [-0.2, -0.15) is 5.26 Å². The first-order valence-corrected chi connectivity index (χ1v) is 7.70. The predicted octanol–water partition coefficient (Wildman–Crippen LogP) is 4.93. The summed E-state index contributed by atoms with van der Waals surface area (Å²) >= 11 is 7.62. The number of benzene rings is 2. The molecule has 0 unspecified atom stereocenters. The van der Waals surface area contributed by atoms with Gasteiger partial charge in [0.2, 0.25) is 0 Å². The summed E-state index contributed by atoms with van der Waals surface area (Å²) in [5.74, 6) is 0. The zero-order chi connectivity index (χ0) is 14.7. The van der Waals surface area contributed by atoms with Gasteiger partial charge < -0.3 is 0 Å². The third-order valence-corrected chi connectivity index (χ3v) is 4.17. The summed E-state index contributed by atoms with van der Waals surface area (Å²) in [6, 6.07) is 17.5. The van der Waals surface area contributed by atoms with E-state index >= 15 is 0 Å². The number of thiazole rings is 1. The average molecular weight is 311 g/mol. The lowest BCUT2D eigenvalue weighted by Crippen LogP contribution is -1.87. The fourth-order valence-corrected chi connectivity index (χ4v) is 3.14. The minimum absolute atomic E-state index is 0.650. The van der Waals surface area contributed by atoms with Crippen molar-refractivity contribution < 1.29 is 0 Å². The van der Waals surface area contributed by atoms with Crippen molar-refractivity contribution in [2.24, 2.45) is 0 Å². The molecule has 102 valence electrons. The molecule has 0 spiro atoms. The van der Waals surface area contributed by atoms with Crippen molar-refractivity contribution in [3.05, 3.63) is 75.1 Å². The van der Waals surface area contributed by atoms with E-state index in [1.165, 1.54) is 0 Å². The third kappa shape index (κ3) is 3.30. The van der Waals surface area contributed by atoms with Crippen LogP contribution in [0.4, 0.5) is 0 Å². The van der Waals surface area contributed by atoms with Gasteiger partial charge in [-0.25, -0.2) is 4.98 Å². The van der Waals surface area contributed by atoms with Crippen LogP contribution in [0.2, 0.25) is 5.02 Å². The van der Waals surface area contributed by atoms with Crippen LogP contribution in [0, 0.1) is 11.3 Å². The van der Waals surface area contributed by atoms with Crippen LogP contribution in [0.1, 0.15) is 16.1 Å². The number of hydrogen-bond acceptors (Lipinski definition) is 3. The fraction of sp³-hybridized carbons (Fsp3) is 0.0588. The molecule has 0 radical (unpaired) electrons. The Hall–Kier alpha value is -2.15. The highest BCUT2D eigenvalue weighted by Crippen LogP contribution is 2.24. The Morgan fingerprint density at radius 2 is 2.00 bits per heavy atom. The zero-order valence-electron chi connectivity index (χ0n) is 11.1. The highest BCUT2D eigenvalue weighted by atomic mass is 35.5. The number of halogens is 1. The second-order valence-electron chi connectivity index (χ2n) is 4.63. The topological polar surface area (TPSA) is 36.7 Å². The maximum Gasteiger partial charge on any atom is 0.0991 e. The van der Waals surface area contributed by atoms with Crippen molar-refractivity contribution in [2.75, 3.05) is 0 Å². The number of hydrogen-bond donors (Lipinski definition) is 0. The summed E-state index contributed by atoms with van der Waals surface area (Å²) in [5.41, 5.74) is 3.68. The van der Waals surface area contributed by atoms with E-state index in [0.29, 0.717) is 5.56 Å². The maximum atomic E-state index is 8.95. The van der Waals surface area contributed by atoms with Crippen LogP contribution in [0.5, 0.6) is 0 Å². The maximum absolute atomic E-state index is 8.95. The van der Waals surface area contributed by atoms with Crippen molar-refractivity contribution in [3.63, 3.8) is 0 Å². The lowest BCUT2D eigenvalue weighted by atomic mass is 10.1.